The molecule has 2 aromatic rings. The molecule has 1 aliphatic rings. The van der Waals surface area contributed by atoms with Gasteiger partial charge in [0.1, 0.15) is 23.4 Å². The van der Waals surface area contributed by atoms with E-state index in [2.05, 4.69) is 10.1 Å². The first-order valence-electron chi connectivity index (χ1n) is 8.65. The number of nitrogens with zero attached hydrogens (tertiary/aromatic N) is 4. The van der Waals surface area contributed by atoms with Gasteiger partial charge in [-0.1, -0.05) is 26.0 Å². The van der Waals surface area contributed by atoms with Crippen molar-refractivity contribution < 1.29 is 19.1 Å². The Morgan fingerprint density at radius 1 is 1.27 bits per heavy atom. The van der Waals surface area contributed by atoms with Gasteiger partial charge in [0, 0.05) is 12.5 Å². The molecule has 0 bridgehead atoms. The summed E-state index contributed by atoms with van der Waals surface area (Å²) in [5.74, 6) is -1.79. The summed E-state index contributed by atoms with van der Waals surface area (Å²) in [7, 11) is 0. The number of aromatic nitrogens is 3. The molecule has 1 aromatic carbocycles. The van der Waals surface area contributed by atoms with Gasteiger partial charge in [-0.3, -0.25) is 4.79 Å². The van der Waals surface area contributed by atoms with Crippen LogP contribution < -0.4 is 0 Å². The van der Waals surface area contributed by atoms with Crippen molar-refractivity contribution in [3.63, 3.8) is 0 Å². The summed E-state index contributed by atoms with van der Waals surface area (Å²) in [6.07, 6.45) is 1.90. The maximum Gasteiger partial charge on any atom is 0.326 e. The van der Waals surface area contributed by atoms with E-state index in [9.17, 15) is 19.1 Å². The van der Waals surface area contributed by atoms with E-state index in [-0.39, 0.29) is 17.4 Å². The van der Waals surface area contributed by atoms with Gasteiger partial charge in [-0.15, -0.1) is 5.10 Å². The highest BCUT2D eigenvalue weighted by Crippen LogP contribution is 2.23. The Bertz CT molecular complexity index is 834. The molecular weight excluding hydrogens is 339 g/mol. The van der Waals surface area contributed by atoms with Crippen LogP contribution in [0.15, 0.2) is 24.3 Å². The second kappa shape index (κ2) is 7.23. The van der Waals surface area contributed by atoms with Gasteiger partial charge in [0.15, 0.2) is 0 Å². The molecule has 1 aromatic heterocycles. The number of aliphatic carboxylic acids is 1. The van der Waals surface area contributed by atoms with Gasteiger partial charge in [0.2, 0.25) is 5.82 Å². The molecule has 0 aliphatic carbocycles. The summed E-state index contributed by atoms with van der Waals surface area (Å²) in [5, 5.41) is 13.6. The van der Waals surface area contributed by atoms with E-state index < -0.39 is 23.7 Å². The molecule has 1 aliphatic heterocycles. The summed E-state index contributed by atoms with van der Waals surface area (Å²) < 4.78 is 15.5. The van der Waals surface area contributed by atoms with Crippen LogP contribution in [0, 0.1) is 5.82 Å². The van der Waals surface area contributed by atoms with Crippen molar-refractivity contribution in [1.82, 2.24) is 19.7 Å². The Labute approximate surface area is 150 Å². The lowest BCUT2D eigenvalue weighted by atomic mass is 10.0. The maximum absolute atomic E-state index is 14.2. The van der Waals surface area contributed by atoms with Crippen molar-refractivity contribution in [2.24, 2.45) is 0 Å². The number of piperidine rings is 1. The number of carbonyl (C=O) groups is 2. The van der Waals surface area contributed by atoms with Crippen LogP contribution >= 0.6 is 0 Å². The summed E-state index contributed by atoms with van der Waals surface area (Å²) in [4.78, 5) is 29.9. The Morgan fingerprint density at radius 3 is 2.65 bits per heavy atom. The molecule has 8 heteroatoms. The van der Waals surface area contributed by atoms with Crippen LogP contribution in [0.5, 0.6) is 0 Å². The maximum atomic E-state index is 14.2. The summed E-state index contributed by atoms with van der Waals surface area (Å²) in [5.41, 5.74) is 0.205. The number of hydrogen-bond acceptors (Lipinski definition) is 4. The number of benzene rings is 1. The zero-order valence-electron chi connectivity index (χ0n) is 14.7. The van der Waals surface area contributed by atoms with Crippen LogP contribution in [0.2, 0.25) is 0 Å². The predicted molar refractivity (Wildman–Crippen MR) is 91.7 cm³/mol. The van der Waals surface area contributed by atoms with Gasteiger partial charge in [-0.2, -0.15) is 0 Å². The first-order chi connectivity index (χ1) is 12.4. The summed E-state index contributed by atoms with van der Waals surface area (Å²) in [6, 6.07) is 5.25. The molecule has 1 N–H and O–H groups in total. The fourth-order valence-electron chi connectivity index (χ4n) is 3.15. The minimum atomic E-state index is -1.03. The molecule has 3 rings (SSSR count). The number of para-hydroxylation sites is 1. The lowest BCUT2D eigenvalue weighted by molar-refractivity contribution is -0.143. The first-order valence-corrected chi connectivity index (χ1v) is 8.65. The van der Waals surface area contributed by atoms with E-state index >= 15 is 0 Å². The van der Waals surface area contributed by atoms with Crippen LogP contribution in [0.25, 0.3) is 5.69 Å². The summed E-state index contributed by atoms with van der Waals surface area (Å²) in [6.45, 7) is 4.09. The topological polar surface area (TPSA) is 88.3 Å². The number of amides is 1. The fraction of sp³-hybridized carbons (Fsp3) is 0.444. The predicted octanol–water partition coefficient (Wildman–Crippen LogP) is 2.61. The third kappa shape index (κ3) is 3.31. The highest BCUT2D eigenvalue weighted by atomic mass is 19.1. The van der Waals surface area contributed by atoms with Crippen LogP contribution in [0.3, 0.4) is 0 Å². The smallest absolute Gasteiger partial charge is 0.326 e. The summed E-state index contributed by atoms with van der Waals surface area (Å²) >= 11 is 0. The molecule has 0 saturated carbocycles. The molecule has 0 radical (unpaired) electrons. The minimum absolute atomic E-state index is 0.0970. The van der Waals surface area contributed by atoms with E-state index in [1.807, 2.05) is 13.8 Å². The highest BCUT2D eigenvalue weighted by Gasteiger charge is 2.35. The van der Waals surface area contributed by atoms with Crippen molar-refractivity contribution in [3.8, 4) is 5.69 Å². The van der Waals surface area contributed by atoms with Gasteiger partial charge in [0.05, 0.1) is 0 Å². The van der Waals surface area contributed by atoms with E-state index in [0.29, 0.717) is 18.8 Å². The van der Waals surface area contributed by atoms with Gasteiger partial charge >= 0.3 is 5.97 Å². The molecule has 1 amide bonds. The van der Waals surface area contributed by atoms with Crippen molar-refractivity contribution in [2.45, 2.75) is 45.1 Å². The number of carboxylic acid groups (broad SMARTS) is 1. The van der Waals surface area contributed by atoms with E-state index in [1.165, 1.54) is 15.6 Å². The van der Waals surface area contributed by atoms with Crippen LogP contribution in [0.1, 0.15) is 55.5 Å². The zero-order valence-corrected chi connectivity index (χ0v) is 14.7. The lowest BCUT2D eigenvalue weighted by Crippen LogP contribution is -2.48. The van der Waals surface area contributed by atoms with E-state index in [1.54, 1.807) is 18.2 Å². The number of rotatable bonds is 4. The minimum Gasteiger partial charge on any atom is -0.480 e. The monoisotopic (exact) mass is 360 g/mol. The van der Waals surface area contributed by atoms with Crippen molar-refractivity contribution >= 4 is 11.9 Å². The molecule has 7 nitrogen and oxygen atoms in total. The lowest BCUT2D eigenvalue weighted by Gasteiger charge is -2.31. The zero-order chi connectivity index (χ0) is 18.8. The largest absolute Gasteiger partial charge is 0.480 e. The van der Waals surface area contributed by atoms with E-state index in [4.69, 9.17) is 0 Å². The number of likely N-dealkylation sites (tertiary alicyclic amines) is 1. The Hall–Kier alpha value is -2.77. The van der Waals surface area contributed by atoms with Crippen LogP contribution in [0.4, 0.5) is 4.39 Å². The van der Waals surface area contributed by atoms with Crippen molar-refractivity contribution in [2.75, 3.05) is 6.54 Å². The standard InChI is InChI=1S/C18H21FN4O3/c1-11(2)16-20-15(21-23(16)13-8-4-3-7-12(13)19)17(24)22-10-6-5-9-14(22)18(25)26/h3-4,7-8,11,14H,5-6,9-10H2,1-2H3,(H,25,26)/t14-/m1/s1. The molecule has 1 atom stereocenters. The van der Waals surface area contributed by atoms with Gasteiger partial charge in [-0.05, 0) is 31.4 Å². The Morgan fingerprint density at radius 2 is 2.00 bits per heavy atom. The van der Waals surface area contributed by atoms with E-state index in [0.717, 1.165) is 12.8 Å². The first kappa shape index (κ1) is 18.0. The third-order valence-electron chi connectivity index (χ3n) is 4.47. The highest BCUT2D eigenvalue weighted by molar-refractivity contribution is 5.93. The molecular formula is C18H21FN4O3. The van der Waals surface area contributed by atoms with Crippen molar-refractivity contribution in [1.29, 1.82) is 0 Å². The number of halogens is 1. The molecule has 138 valence electrons. The SMILES string of the molecule is CC(C)c1nc(C(=O)N2CCCC[C@@H]2C(=O)O)nn1-c1ccccc1F. The second-order valence-corrected chi connectivity index (χ2v) is 6.66. The molecule has 2 heterocycles. The van der Waals surface area contributed by atoms with Crippen LogP contribution in [-0.4, -0.2) is 49.2 Å². The third-order valence-corrected chi connectivity index (χ3v) is 4.47. The normalized spacial score (nSPS) is 17.5. The Kier molecular flexibility index (Phi) is 5.01. The number of hydrogen-bond donors (Lipinski definition) is 1. The van der Waals surface area contributed by atoms with Gasteiger partial charge in [0.25, 0.3) is 5.91 Å². The Balaban J connectivity index is 2.01. The number of carbonyl (C=O) groups excluding carboxylic acids is 1. The fourth-order valence-corrected chi connectivity index (χ4v) is 3.15. The molecule has 1 saturated heterocycles. The molecule has 0 spiro atoms. The average molecular weight is 360 g/mol. The second-order valence-electron chi connectivity index (χ2n) is 6.66. The van der Waals surface area contributed by atoms with Gasteiger partial charge < -0.3 is 10.0 Å². The quantitative estimate of drug-likeness (QED) is 0.905. The van der Waals surface area contributed by atoms with Crippen LogP contribution in [-0.2, 0) is 4.79 Å². The molecule has 1 fully saturated rings. The van der Waals surface area contributed by atoms with Gasteiger partial charge in [-0.25, -0.2) is 18.9 Å². The number of carboxylic acids is 1. The molecule has 26 heavy (non-hydrogen) atoms. The molecule has 0 unspecified atom stereocenters. The van der Waals surface area contributed by atoms with Crippen molar-refractivity contribution in [3.05, 3.63) is 41.7 Å². The average Bonchev–Trinajstić information content (AvgIpc) is 3.07.